The molecule has 1 aliphatic rings. The molecule has 5 nitrogen and oxygen atoms in total. The van der Waals surface area contributed by atoms with Crippen LogP contribution >= 0.6 is 23.7 Å². The number of piperidine rings is 1. The highest BCUT2D eigenvalue weighted by atomic mass is 35.5. The number of hydrogen-bond acceptors (Lipinski definition) is 4. The first-order chi connectivity index (χ1) is 11.1. The van der Waals surface area contributed by atoms with Gasteiger partial charge in [-0.3, -0.25) is 9.59 Å². The van der Waals surface area contributed by atoms with Gasteiger partial charge >= 0.3 is 0 Å². The Labute approximate surface area is 151 Å². The summed E-state index contributed by atoms with van der Waals surface area (Å²) in [6.07, 6.45) is 1.63. The molecule has 0 unspecified atom stereocenters. The summed E-state index contributed by atoms with van der Waals surface area (Å²) < 4.78 is 0. The van der Waals surface area contributed by atoms with E-state index in [9.17, 15) is 9.59 Å². The van der Waals surface area contributed by atoms with Crippen molar-refractivity contribution in [3.8, 4) is 0 Å². The van der Waals surface area contributed by atoms with Crippen molar-refractivity contribution in [3.63, 3.8) is 0 Å². The number of likely N-dealkylation sites (tertiary alicyclic amines) is 1. The molecule has 24 heavy (non-hydrogen) atoms. The maximum Gasteiger partial charge on any atom is 0.265 e. The molecule has 0 spiro atoms. The van der Waals surface area contributed by atoms with Crippen LogP contribution in [0.3, 0.4) is 0 Å². The van der Waals surface area contributed by atoms with E-state index in [2.05, 4.69) is 5.32 Å². The highest BCUT2D eigenvalue weighted by molar-refractivity contribution is 7.12. The number of benzene rings is 1. The molecule has 1 aromatic carbocycles. The van der Waals surface area contributed by atoms with Crippen molar-refractivity contribution in [2.45, 2.75) is 18.9 Å². The first-order valence-corrected chi connectivity index (χ1v) is 8.52. The molecule has 2 amide bonds. The lowest BCUT2D eigenvalue weighted by molar-refractivity contribution is 0.0716. The summed E-state index contributed by atoms with van der Waals surface area (Å²) in [4.78, 5) is 27.4. The number of thiophene rings is 1. The molecule has 1 saturated heterocycles. The van der Waals surface area contributed by atoms with Gasteiger partial charge in [0.2, 0.25) is 0 Å². The SMILES string of the molecule is Cl.NC1CCN(C(=O)c2ccccc2NC(=O)c2cccs2)CC1. The summed E-state index contributed by atoms with van der Waals surface area (Å²) in [5.74, 6) is -0.250. The molecule has 1 fully saturated rings. The fourth-order valence-corrected chi connectivity index (χ4v) is 3.26. The third-order valence-corrected chi connectivity index (χ3v) is 4.85. The van der Waals surface area contributed by atoms with E-state index in [1.807, 2.05) is 23.6 Å². The monoisotopic (exact) mass is 365 g/mol. The summed E-state index contributed by atoms with van der Waals surface area (Å²) in [7, 11) is 0. The topological polar surface area (TPSA) is 75.4 Å². The average Bonchev–Trinajstić information content (AvgIpc) is 3.10. The highest BCUT2D eigenvalue weighted by Crippen LogP contribution is 2.21. The number of para-hydroxylation sites is 1. The molecule has 128 valence electrons. The first kappa shape index (κ1) is 18.4. The number of nitrogens with zero attached hydrogens (tertiary/aromatic N) is 1. The van der Waals surface area contributed by atoms with Crippen molar-refractivity contribution in [2.24, 2.45) is 5.73 Å². The van der Waals surface area contributed by atoms with Gasteiger partial charge in [-0.25, -0.2) is 0 Å². The zero-order valence-corrected chi connectivity index (χ0v) is 14.7. The molecular weight excluding hydrogens is 346 g/mol. The number of carbonyl (C=O) groups excluding carboxylic acids is 2. The summed E-state index contributed by atoms with van der Waals surface area (Å²) >= 11 is 1.37. The molecule has 1 aliphatic heterocycles. The molecule has 2 aromatic rings. The van der Waals surface area contributed by atoms with Crippen molar-refractivity contribution in [1.29, 1.82) is 0 Å². The van der Waals surface area contributed by atoms with E-state index >= 15 is 0 Å². The van der Waals surface area contributed by atoms with E-state index in [4.69, 9.17) is 5.73 Å². The van der Waals surface area contributed by atoms with E-state index in [0.29, 0.717) is 29.2 Å². The zero-order chi connectivity index (χ0) is 16.2. The smallest absolute Gasteiger partial charge is 0.265 e. The fraction of sp³-hybridized carbons (Fsp3) is 0.294. The molecule has 2 heterocycles. The second-order valence-corrected chi connectivity index (χ2v) is 6.55. The standard InChI is InChI=1S/C17H19N3O2S.ClH/c18-12-7-9-20(10-8-12)17(22)13-4-1-2-5-14(13)19-16(21)15-6-3-11-23-15;/h1-6,11-12H,7-10,18H2,(H,19,21);1H. The second-order valence-electron chi connectivity index (χ2n) is 5.61. The quantitative estimate of drug-likeness (QED) is 0.877. The van der Waals surface area contributed by atoms with Gasteiger partial charge in [-0.1, -0.05) is 18.2 Å². The van der Waals surface area contributed by atoms with E-state index in [1.165, 1.54) is 11.3 Å². The number of carbonyl (C=O) groups is 2. The molecule has 0 atom stereocenters. The molecule has 7 heteroatoms. The van der Waals surface area contributed by atoms with E-state index < -0.39 is 0 Å². The first-order valence-electron chi connectivity index (χ1n) is 7.64. The minimum absolute atomic E-state index is 0. The Kier molecular flexibility index (Phi) is 6.36. The second kappa shape index (κ2) is 8.28. The van der Waals surface area contributed by atoms with Gasteiger partial charge in [0.1, 0.15) is 0 Å². The summed E-state index contributed by atoms with van der Waals surface area (Å²) in [6, 6.07) is 10.9. The molecule has 0 aliphatic carbocycles. The number of rotatable bonds is 3. The van der Waals surface area contributed by atoms with Crippen LogP contribution in [0, 0.1) is 0 Å². The van der Waals surface area contributed by atoms with Crippen LogP contribution in [0.4, 0.5) is 5.69 Å². The van der Waals surface area contributed by atoms with Crippen LogP contribution in [0.1, 0.15) is 32.9 Å². The minimum atomic E-state index is -0.194. The molecule has 1 aromatic heterocycles. The van der Waals surface area contributed by atoms with Crippen molar-refractivity contribution in [1.82, 2.24) is 4.90 Å². The Hall–Kier alpha value is -1.89. The molecule has 0 bridgehead atoms. The maximum absolute atomic E-state index is 12.7. The van der Waals surface area contributed by atoms with Crippen LogP contribution in [-0.4, -0.2) is 35.8 Å². The Morgan fingerprint density at radius 2 is 1.83 bits per heavy atom. The van der Waals surface area contributed by atoms with Crippen LogP contribution in [-0.2, 0) is 0 Å². The van der Waals surface area contributed by atoms with E-state index in [0.717, 1.165) is 12.8 Å². The van der Waals surface area contributed by atoms with Crippen LogP contribution < -0.4 is 11.1 Å². The molecule has 0 saturated carbocycles. The van der Waals surface area contributed by atoms with Gasteiger partial charge in [-0.05, 0) is 36.4 Å². The van der Waals surface area contributed by atoms with Crippen molar-refractivity contribution < 1.29 is 9.59 Å². The van der Waals surface area contributed by atoms with Crippen molar-refractivity contribution >= 4 is 41.2 Å². The number of anilines is 1. The molecule has 3 N–H and O–H groups in total. The van der Waals surface area contributed by atoms with Crippen molar-refractivity contribution in [2.75, 3.05) is 18.4 Å². The normalized spacial score (nSPS) is 14.8. The van der Waals surface area contributed by atoms with Crippen LogP contribution in [0.25, 0.3) is 0 Å². The Morgan fingerprint density at radius 3 is 2.50 bits per heavy atom. The van der Waals surface area contributed by atoms with Gasteiger partial charge < -0.3 is 16.0 Å². The Balaban J connectivity index is 0.00000208. The number of hydrogen-bond donors (Lipinski definition) is 2. The summed E-state index contributed by atoms with van der Waals surface area (Å²) in [5, 5.41) is 4.69. The van der Waals surface area contributed by atoms with Crippen LogP contribution in [0.2, 0.25) is 0 Å². The van der Waals surface area contributed by atoms with E-state index in [1.54, 1.807) is 23.1 Å². The number of nitrogens with two attached hydrogens (primary N) is 1. The van der Waals surface area contributed by atoms with Gasteiger partial charge in [-0.2, -0.15) is 0 Å². The number of halogens is 1. The summed E-state index contributed by atoms with van der Waals surface area (Å²) in [5.41, 5.74) is 6.96. The van der Waals surface area contributed by atoms with Gasteiger partial charge in [0.15, 0.2) is 0 Å². The third-order valence-electron chi connectivity index (χ3n) is 3.98. The van der Waals surface area contributed by atoms with E-state index in [-0.39, 0.29) is 30.3 Å². The van der Waals surface area contributed by atoms with Gasteiger partial charge in [0.05, 0.1) is 16.1 Å². The number of nitrogens with one attached hydrogen (secondary N) is 1. The molecule has 0 radical (unpaired) electrons. The summed E-state index contributed by atoms with van der Waals surface area (Å²) in [6.45, 7) is 1.32. The van der Waals surface area contributed by atoms with Gasteiger partial charge in [0, 0.05) is 19.1 Å². The lowest BCUT2D eigenvalue weighted by Crippen LogP contribution is -2.43. The highest BCUT2D eigenvalue weighted by Gasteiger charge is 2.23. The number of amides is 2. The lowest BCUT2D eigenvalue weighted by atomic mass is 10.0. The van der Waals surface area contributed by atoms with Crippen LogP contribution in [0.5, 0.6) is 0 Å². The zero-order valence-electron chi connectivity index (χ0n) is 13.1. The average molecular weight is 366 g/mol. The van der Waals surface area contributed by atoms with Gasteiger partial charge in [0.25, 0.3) is 11.8 Å². The predicted molar refractivity (Wildman–Crippen MR) is 99.1 cm³/mol. The lowest BCUT2D eigenvalue weighted by Gasteiger charge is -2.30. The predicted octanol–water partition coefficient (Wildman–Crippen LogP) is 2.99. The largest absolute Gasteiger partial charge is 0.338 e. The Bertz CT molecular complexity index is 698. The minimum Gasteiger partial charge on any atom is -0.338 e. The van der Waals surface area contributed by atoms with Crippen molar-refractivity contribution in [3.05, 3.63) is 52.2 Å². The fourth-order valence-electron chi connectivity index (χ4n) is 2.64. The Morgan fingerprint density at radius 1 is 1.12 bits per heavy atom. The van der Waals surface area contributed by atoms with Crippen LogP contribution in [0.15, 0.2) is 41.8 Å². The third kappa shape index (κ3) is 4.14. The molecule has 3 rings (SSSR count). The molecular formula is C17H20ClN3O2S. The maximum atomic E-state index is 12.7. The van der Waals surface area contributed by atoms with Gasteiger partial charge in [-0.15, -0.1) is 23.7 Å².